The van der Waals surface area contributed by atoms with E-state index < -0.39 is 17.6 Å². The van der Waals surface area contributed by atoms with Crippen molar-refractivity contribution in [2.24, 2.45) is 0 Å². The minimum Gasteiger partial charge on any atom is -0.494 e. The number of carbonyl (C=O) groups excluding carboxylic acids is 3. The Morgan fingerprint density at radius 3 is 2.23 bits per heavy atom. The molecule has 0 saturated heterocycles. The van der Waals surface area contributed by atoms with Crippen LogP contribution in [0.4, 0.5) is 4.79 Å². The Bertz CT molecular complexity index is 697. The Kier molecular flexibility index (Phi) is 11.5. The van der Waals surface area contributed by atoms with Crippen LogP contribution in [0, 0.1) is 0 Å². The molecule has 0 aliphatic rings. The number of unbranched alkanes of at least 4 members (excludes halogenated alkanes) is 3. The Hall–Kier alpha value is -2.77. The van der Waals surface area contributed by atoms with Gasteiger partial charge in [-0.3, -0.25) is 4.79 Å². The first-order valence-electron chi connectivity index (χ1n) is 10.6. The molecule has 0 spiro atoms. The number of carbonyl (C=O) groups is 3. The van der Waals surface area contributed by atoms with Crippen LogP contribution in [0.1, 0.15) is 58.9 Å². The van der Waals surface area contributed by atoms with Crippen molar-refractivity contribution in [2.75, 3.05) is 20.3 Å². The number of amides is 2. The molecule has 2 N–H and O–H groups in total. The number of nitrogens with one attached hydrogen (secondary N) is 2. The Morgan fingerprint density at radius 1 is 1.00 bits per heavy atom. The van der Waals surface area contributed by atoms with Gasteiger partial charge in [0.25, 0.3) is 0 Å². The molecule has 0 unspecified atom stereocenters. The molecule has 0 radical (unpaired) electrons. The number of benzene rings is 1. The molecule has 0 bridgehead atoms. The summed E-state index contributed by atoms with van der Waals surface area (Å²) in [6, 6.07) is 6.73. The average Bonchev–Trinajstić information content (AvgIpc) is 2.68. The number of ether oxygens (including phenoxy) is 3. The highest BCUT2D eigenvalue weighted by atomic mass is 16.6. The molecule has 1 atom stereocenters. The molecule has 0 saturated carbocycles. The second-order valence-electron chi connectivity index (χ2n) is 8.32. The quantitative estimate of drug-likeness (QED) is 0.385. The highest BCUT2D eigenvalue weighted by molar-refractivity contribution is 5.83. The summed E-state index contributed by atoms with van der Waals surface area (Å²) in [7, 11) is 1.30. The molecule has 0 aromatic heterocycles. The van der Waals surface area contributed by atoms with Crippen LogP contribution in [0.2, 0.25) is 0 Å². The van der Waals surface area contributed by atoms with E-state index in [4.69, 9.17) is 14.2 Å². The van der Waals surface area contributed by atoms with Crippen molar-refractivity contribution in [2.45, 2.75) is 71.4 Å². The summed E-state index contributed by atoms with van der Waals surface area (Å²) >= 11 is 0. The van der Waals surface area contributed by atoms with Gasteiger partial charge in [0.15, 0.2) is 0 Å². The van der Waals surface area contributed by atoms with Crippen molar-refractivity contribution in [3.8, 4) is 5.75 Å². The lowest BCUT2D eigenvalue weighted by atomic mass is 10.1. The zero-order valence-corrected chi connectivity index (χ0v) is 19.3. The minimum absolute atomic E-state index is 0.282. The maximum absolute atomic E-state index is 11.8. The predicted octanol–water partition coefficient (Wildman–Crippen LogP) is 3.37. The lowest BCUT2D eigenvalue weighted by Crippen LogP contribution is -2.41. The van der Waals surface area contributed by atoms with E-state index in [1.54, 1.807) is 0 Å². The lowest BCUT2D eigenvalue weighted by Gasteiger charge is -2.19. The standard InChI is InChI=1S/C23H36N2O6/c1-17(26)25-20(21(27)29-5)16-18-10-12-19(13-11-18)30-15-9-7-6-8-14-24-22(28)31-23(2,3)4/h10-13,20H,6-9,14-16H2,1-5H3,(H,24,28)(H,25,26)/t20-/m0/s1. The Labute approximate surface area is 185 Å². The summed E-state index contributed by atoms with van der Waals surface area (Å²) in [5.74, 6) is -0.00252. The van der Waals surface area contributed by atoms with Gasteiger partial charge < -0.3 is 24.8 Å². The largest absolute Gasteiger partial charge is 0.494 e. The third kappa shape index (κ3) is 12.5. The summed E-state index contributed by atoms with van der Waals surface area (Å²) in [5, 5.41) is 5.35. The summed E-state index contributed by atoms with van der Waals surface area (Å²) in [4.78, 5) is 34.6. The number of methoxy groups -OCH3 is 1. The Balaban J connectivity index is 2.22. The molecule has 8 heteroatoms. The van der Waals surface area contributed by atoms with Crippen molar-refractivity contribution in [3.05, 3.63) is 29.8 Å². The number of alkyl carbamates (subject to hydrolysis) is 1. The molecule has 0 fully saturated rings. The highest BCUT2D eigenvalue weighted by Crippen LogP contribution is 2.15. The van der Waals surface area contributed by atoms with Crippen molar-refractivity contribution in [1.82, 2.24) is 10.6 Å². The van der Waals surface area contributed by atoms with Gasteiger partial charge >= 0.3 is 12.1 Å². The first-order valence-corrected chi connectivity index (χ1v) is 10.6. The van der Waals surface area contributed by atoms with Crippen LogP contribution in [0.5, 0.6) is 5.75 Å². The third-order valence-corrected chi connectivity index (χ3v) is 4.23. The van der Waals surface area contributed by atoms with E-state index in [1.807, 2.05) is 45.0 Å². The molecular formula is C23H36N2O6. The second-order valence-corrected chi connectivity index (χ2v) is 8.32. The molecule has 1 rings (SSSR count). The fourth-order valence-corrected chi connectivity index (χ4v) is 2.81. The minimum atomic E-state index is -0.709. The number of esters is 1. The van der Waals surface area contributed by atoms with Crippen LogP contribution >= 0.6 is 0 Å². The predicted molar refractivity (Wildman–Crippen MR) is 118 cm³/mol. The normalized spacial score (nSPS) is 11.9. The van der Waals surface area contributed by atoms with Crippen LogP contribution < -0.4 is 15.4 Å². The zero-order valence-electron chi connectivity index (χ0n) is 19.3. The van der Waals surface area contributed by atoms with Crippen molar-refractivity contribution < 1.29 is 28.6 Å². The smallest absolute Gasteiger partial charge is 0.407 e. The van der Waals surface area contributed by atoms with Crippen molar-refractivity contribution in [3.63, 3.8) is 0 Å². The highest BCUT2D eigenvalue weighted by Gasteiger charge is 2.20. The van der Waals surface area contributed by atoms with Crippen LogP contribution in [0.15, 0.2) is 24.3 Å². The maximum Gasteiger partial charge on any atom is 0.407 e. The molecule has 0 aliphatic heterocycles. The first-order chi connectivity index (χ1) is 14.6. The topological polar surface area (TPSA) is 103 Å². The maximum atomic E-state index is 11.8. The molecule has 8 nitrogen and oxygen atoms in total. The molecule has 1 aromatic carbocycles. The molecule has 174 valence electrons. The zero-order chi connectivity index (χ0) is 23.3. The van der Waals surface area contributed by atoms with Gasteiger partial charge in [-0.1, -0.05) is 25.0 Å². The van der Waals surface area contributed by atoms with Gasteiger partial charge in [0.05, 0.1) is 13.7 Å². The second kappa shape index (κ2) is 13.5. The van der Waals surface area contributed by atoms with Crippen LogP contribution in [-0.2, 0) is 25.5 Å². The summed E-state index contributed by atoms with van der Waals surface area (Å²) < 4.78 is 15.7. The molecule has 0 heterocycles. The number of rotatable bonds is 12. The molecule has 0 aliphatic carbocycles. The molecule has 31 heavy (non-hydrogen) atoms. The van der Waals surface area contributed by atoms with Crippen LogP contribution in [-0.4, -0.2) is 49.9 Å². The lowest BCUT2D eigenvalue weighted by molar-refractivity contribution is -0.144. The van der Waals surface area contributed by atoms with E-state index in [1.165, 1.54) is 14.0 Å². The molecule has 2 amide bonds. The monoisotopic (exact) mass is 436 g/mol. The SMILES string of the molecule is COC(=O)[C@H](Cc1ccc(OCCCCCCNC(=O)OC(C)(C)C)cc1)NC(C)=O. The van der Waals surface area contributed by atoms with Crippen LogP contribution in [0.25, 0.3) is 0 Å². The van der Waals surface area contributed by atoms with E-state index in [0.29, 0.717) is 19.6 Å². The third-order valence-electron chi connectivity index (χ3n) is 4.23. The van der Waals surface area contributed by atoms with Gasteiger partial charge in [0, 0.05) is 19.9 Å². The van der Waals surface area contributed by atoms with E-state index in [9.17, 15) is 14.4 Å². The van der Waals surface area contributed by atoms with Gasteiger partial charge in [-0.05, 0) is 51.3 Å². The fraction of sp³-hybridized carbons (Fsp3) is 0.609. The fourth-order valence-electron chi connectivity index (χ4n) is 2.81. The summed E-state index contributed by atoms with van der Waals surface area (Å²) in [6.07, 6.45) is 3.78. The first kappa shape index (κ1) is 26.3. The number of hydrogen-bond acceptors (Lipinski definition) is 6. The van der Waals surface area contributed by atoms with E-state index >= 15 is 0 Å². The van der Waals surface area contributed by atoms with Gasteiger partial charge in [-0.25, -0.2) is 9.59 Å². The van der Waals surface area contributed by atoms with Crippen LogP contribution in [0.3, 0.4) is 0 Å². The van der Waals surface area contributed by atoms with Crippen molar-refractivity contribution in [1.29, 1.82) is 0 Å². The van der Waals surface area contributed by atoms with Gasteiger partial charge in [-0.15, -0.1) is 0 Å². The Morgan fingerprint density at radius 2 is 1.65 bits per heavy atom. The summed E-state index contributed by atoms with van der Waals surface area (Å²) in [5.41, 5.74) is 0.419. The van der Waals surface area contributed by atoms with Gasteiger partial charge in [0.2, 0.25) is 5.91 Å². The van der Waals surface area contributed by atoms with E-state index in [0.717, 1.165) is 37.0 Å². The van der Waals surface area contributed by atoms with E-state index in [-0.39, 0.29) is 12.0 Å². The summed E-state index contributed by atoms with van der Waals surface area (Å²) in [6.45, 7) is 8.09. The molecule has 1 aromatic rings. The van der Waals surface area contributed by atoms with Crippen molar-refractivity contribution >= 4 is 18.0 Å². The number of hydrogen-bond donors (Lipinski definition) is 2. The van der Waals surface area contributed by atoms with Gasteiger partial charge in [0.1, 0.15) is 17.4 Å². The average molecular weight is 437 g/mol. The van der Waals surface area contributed by atoms with E-state index in [2.05, 4.69) is 10.6 Å². The molecular weight excluding hydrogens is 400 g/mol. The van der Waals surface area contributed by atoms with Gasteiger partial charge in [-0.2, -0.15) is 0 Å².